The molecule has 0 saturated carbocycles. The molecule has 0 rings (SSSR count). The summed E-state index contributed by atoms with van der Waals surface area (Å²) >= 11 is 0. The second kappa shape index (κ2) is 9.75. The van der Waals surface area contributed by atoms with Crippen molar-refractivity contribution in [3.8, 4) is 0 Å². The number of hydrogen-bond donors (Lipinski definition) is 2. The van der Waals surface area contributed by atoms with Gasteiger partial charge in [0.15, 0.2) is 0 Å². The molecule has 18 heavy (non-hydrogen) atoms. The molecular weight excluding hydrogens is 252 g/mol. The maximum absolute atomic E-state index is 11.0. The summed E-state index contributed by atoms with van der Waals surface area (Å²) in [4.78, 5) is 0. The van der Waals surface area contributed by atoms with Gasteiger partial charge in [-0.1, -0.05) is 45.4 Å². The van der Waals surface area contributed by atoms with E-state index in [1.807, 2.05) is 0 Å². The van der Waals surface area contributed by atoms with Crippen molar-refractivity contribution >= 4 is 10.1 Å². The monoisotopic (exact) mass is 280 g/mol. The summed E-state index contributed by atoms with van der Waals surface area (Å²) < 4.78 is 30.9. The summed E-state index contributed by atoms with van der Waals surface area (Å²) in [5.41, 5.74) is 0. The molecule has 0 aliphatic carbocycles. The van der Waals surface area contributed by atoms with Crippen molar-refractivity contribution in [2.45, 2.75) is 83.0 Å². The Morgan fingerprint density at radius 1 is 0.944 bits per heavy atom. The van der Waals surface area contributed by atoms with Gasteiger partial charge < -0.3 is 5.11 Å². The highest BCUT2D eigenvalue weighted by atomic mass is 32.2. The third-order valence-electron chi connectivity index (χ3n) is 3.27. The van der Waals surface area contributed by atoms with Gasteiger partial charge in [-0.2, -0.15) is 8.42 Å². The lowest BCUT2D eigenvalue weighted by molar-refractivity contribution is 0.180. The van der Waals surface area contributed by atoms with E-state index in [9.17, 15) is 8.42 Å². The third-order valence-corrected chi connectivity index (χ3v) is 4.69. The fraction of sp³-hybridized carbons (Fsp3) is 1.00. The maximum Gasteiger partial charge on any atom is 0.267 e. The van der Waals surface area contributed by atoms with Crippen LogP contribution in [0, 0.1) is 0 Å². The average molecular weight is 280 g/mol. The van der Waals surface area contributed by atoms with E-state index in [1.54, 1.807) is 13.8 Å². The van der Waals surface area contributed by atoms with Crippen molar-refractivity contribution in [2.75, 3.05) is 0 Å². The predicted octanol–water partition coefficient (Wildman–Crippen LogP) is 3.15. The zero-order valence-corrected chi connectivity index (χ0v) is 12.5. The maximum atomic E-state index is 11.0. The second-order valence-corrected chi connectivity index (χ2v) is 6.79. The van der Waals surface area contributed by atoms with Crippen LogP contribution in [-0.2, 0) is 10.1 Å². The molecule has 0 radical (unpaired) electrons. The van der Waals surface area contributed by atoms with Crippen LogP contribution in [0.2, 0.25) is 0 Å². The molecular formula is C13H28O4S. The van der Waals surface area contributed by atoms with Crippen LogP contribution in [0.15, 0.2) is 0 Å². The predicted molar refractivity (Wildman–Crippen MR) is 74.2 cm³/mol. The van der Waals surface area contributed by atoms with E-state index in [0.29, 0.717) is 12.8 Å². The van der Waals surface area contributed by atoms with Crippen LogP contribution in [0.3, 0.4) is 0 Å². The van der Waals surface area contributed by atoms with Crippen LogP contribution in [-0.4, -0.2) is 29.4 Å². The van der Waals surface area contributed by atoms with Gasteiger partial charge in [0.1, 0.15) is 0 Å². The van der Waals surface area contributed by atoms with E-state index in [4.69, 9.17) is 9.66 Å². The minimum Gasteiger partial charge on any atom is -0.393 e. The summed E-state index contributed by atoms with van der Waals surface area (Å²) in [7, 11) is -3.85. The first-order valence-corrected chi connectivity index (χ1v) is 8.52. The van der Waals surface area contributed by atoms with Gasteiger partial charge in [-0.15, -0.1) is 0 Å². The Morgan fingerprint density at radius 3 is 1.78 bits per heavy atom. The smallest absolute Gasteiger partial charge is 0.267 e. The van der Waals surface area contributed by atoms with Crippen molar-refractivity contribution < 1.29 is 18.1 Å². The zero-order valence-electron chi connectivity index (χ0n) is 11.6. The topological polar surface area (TPSA) is 74.6 Å². The van der Waals surface area contributed by atoms with Crippen LogP contribution in [0.25, 0.3) is 0 Å². The van der Waals surface area contributed by atoms with Gasteiger partial charge in [0, 0.05) is 0 Å². The number of unbranched alkanes of at least 4 members (excludes halogenated alkanes) is 5. The Labute approximate surface area is 112 Å². The number of aliphatic hydroxyl groups is 1. The highest BCUT2D eigenvalue weighted by Gasteiger charge is 2.19. The lowest BCUT2D eigenvalue weighted by Crippen LogP contribution is -2.19. The van der Waals surface area contributed by atoms with Crippen molar-refractivity contribution in [1.29, 1.82) is 0 Å². The molecule has 0 fully saturated rings. The van der Waals surface area contributed by atoms with Crippen LogP contribution < -0.4 is 0 Å². The van der Waals surface area contributed by atoms with Crippen LogP contribution in [0.1, 0.15) is 71.6 Å². The number of rotatable bonds is 11. The van der Waals surface area contributed by atoms with Gasteiger partial charge in [0.25, 0.3) is 10.1 Å². The molecule has 0 aliphatic rings. The van der Waals surface area contributed by atoms with E-state index >= 15 is 0 Å². The molecule has 0 aromatic heterocycles. The molecule has 2 atom stereocenters. The molecule has 4 nitrogen and oxygen atoms in total. The Hall–Kier alpha value is -0.130. The second-order valence-electron chi connectivity index (χ2n) is 5.09. The normalized spacial score (nSPS) is 15.6. The van der Waals surface area contributed by atoms with E-state index < -0.39 is 15.4 Å². The summed E-state index contributed by atoms with van der Waals surface area (Å²) in [6.45, 7) is 3.59. The minimum absolute atomic E-state index is 0.204. The van der Waals surface area contributed by atoms with Crippen molar-refractivity contribution in [2.24, 2.45) is 0 Å². The molecule has 0 aromatic carbocycles. The molecule has 0 aromatic rings. The minimum atomic E-state index is -3.85. The fourth-order valence-electron chi connectivity index (χ4n) is 2.08. The molecule has 2 N–H and O–H groups in total. The Bertz CT molecular complexity index is 285. The van der Waals surface area contributed by atoms with Gasteiger partial charge >= 0.3 is 0 Å². The third kappa shape index (κ3) is 9.85. The van der Waals surface area contributed by atoms with E-state index in [2.05, 4.69) is 0 Å². The first-order valence-electron chi connectivity index (χ1n) is 7.02. The average Bonchev–Trinajstić information content (AvgIpc) is 2.24. The van der Waals surface area contributed by atoms with E-state index in [-0.39, 0.29) is 6.10 Å². The summed E-state index contributed by atoms with van der Waals surface area (Å²) in [5, 5.41) is 8.49. The SMILES string of the molecule is CCC(CCCCCCCCC(C)O)S(=O)(=O)O. The zero-order chi connectivity index (χ0) is 14.0. The van der Waals surface area contributed by atoms with Crippen LogP contribution in [0.4, 0.5) is 0 Å². The fourth-order valence-corrected chi connectivity index (χ4v) is 2.97. The van der Waals surface area contributed by atoms with Gasteiger partial charge in [-0.25, -0.2) is 0 Å². The molecule has 0 bridgehead atoms. The first kappa shape index (κ1) is 17.9. The molecule has 0 saturated heterocycles. The summed E-state index contributed by atoms with van der Waals surface area (Å²) in [6.07, 6.45) is 7.98. The lowest BCUT2D eigenvalue weighted by atomic mass is 10.1. The molecule has 110 valence electrons. The molecule has 0 heterocycles. The van der Waals surface area contributed by atoms with Gasteiger partial charge in [-0.3, -0.25) is 4.55 Å². The van der Waals surface area contributed by atoms with Gasteiger partial charge in [-0.05, 0) is 26.2 Å². The molecule has 2 unspecified atom stereocenters. The largest absolute Gasteiger partial charge is 0.393 e. The number of aliphatic hydroxyl groups excluding tert-OH is 1. The Balaban J connectivity index is 3.45. The van der Waals surface area contributed by atoms with Gasteiger partial charge in [0.05, 0.1) is 11.4 Å². The van der Waals surface area contributed by atoms with Crippen molar-refractivity contribution in [1.82, 2.24) is 0 Å². The molecule has 5 heteroatoms. The summed E-state index contributed by atoms with van der Waals surface area (Å²) in [6, 6.07) is 0. The molecule has 0 aliphatic heterocycles. The number of hydrogen-bond acceptors (Lipinski definition) is 3. The Kier molecular flexibility index (Phi) is 9.68. The standard InChI is InChI=1S/C13H28O4S/c1-3-13(18(15,16)17)11-9-7-5-4-6-8-10-12(2)14/h12-14H,3-11H2,1-2H3,(H,15,16,17). The lowest BCUT2D eigenvalue weighted by Gasteiger charge is -2.10. The summed E-state index contributed by atoms with van der Waals surface area (Å²) in [5.74, 6) is 0. The quantitative estimate of drug-likeness (QED) is 0.450. The van der Waals surface area contributed by atoms with Crippen LogP contribution in [0.5, 0.6) is 0 Å². The van der Waals surface area contributed by atoms with E-state index in [1.165, 1.54) is 0 Å². The highest BCUT2D eigenvalue weighted by Crippen LogP contribution is 2.15. The Morgan fingerprint density at radius 2 is 1.39 bits per heavy atom. The van der Waals surface area contributed by atoms with E-state index in [0.717, 1.165) is 44.9 Å². The highest BCUT2D eigenvalue weighted by molar-refractivity contribution is 7.86. The first-order chi connectivity index (χ1) is 8.38. The van der Waals surface area contributed by atoms with Crippen LogP contribution >= 0.6 is 0 Å². The molecule has 0 spiro atoms. The van der Waals surface area contributed by atoms with Crippen molar-refractivity contribution in [3.05, 3.63) is 0 Å². The van der Waals surface area contributed by atoms with Gasteiger partial charge in [0.2, 0.25) is 0 Å². The molecule has 0 amide bonds. The van der Waals surface area contributed by atoms with Crippen molar-refractivity contribution in [3.63, 3.8) is 0 Å².